The number of benzene rings is 1. The summed E-state index contributed by atoms with van der Waals surface area (Å²) in [5, 5.41) is 4.00. The molecule has 96 valence electrons. The maximum Gasteiger partial charge on any atom is 0.170 e. The standard InChI is InChI=1S/C13H16FN3S/c1-3-15-9(2)10-5-4-6-11(14)12(10)18-13-16-7-8-17-13/h4-9,15H,3H2,1-2H3,(H,16,17). The van der Waals surface area contributed by atoms with E-state index in [-0.39, 0.29) is 11.9 Å². The van der Waals surface area contributed by atoms with Gasteiger partial charge in [-0.1, -0.05) is 19.1 Å². The number of rotatable bonds is 5. The Morgan fingerprint density at radius 1 is 1.50 bits per heavy atom. The molecule has 0 fully saturated rings. The Kier molecular flexibility index (Phi) is 4.38. The van der Waals surface area contributed by atoms with Crippen molar-refractivity contribution in [3.63, 3.8) is 0 Å². The molecule has 0 aliphatic rings. The fourth-order valence-corrected chi connectivity index (χ4v) is 2.76. The number of hydrogen-bond acceptors (Lipinski definition) is 3. The molecule has 18 heavy (non-hydrogen) atoms. The van der Waals surface area contributed by atoms with Crippen LogP contribution in [0.25, 0.3) is 0 Å². The predicted octanol–water partition coefficient (Wildman–Crippen LogP) is 3.37. The van der Waals surface area contributed by atoms with Crippen molar-refractivity contribution in [1.82, 2.24) is 15.3 Å². The van der Waals surface area contributed by atoms with Crippen molar-refractivity contribution >= 4 is 11.8 Å². The third kappa shape index (κ3) is 2.91. The molecule has 0 amide bonds. The molecule has 0 saturated carbocycles. The van der Waals surface area contributed by atoms with Gasteiger partial charge in [-0.05, 0) is 36.9 Å². The van der Waals surface area contributed by atoms with Gasteiger partial charge in [0.05, 0.1) is 4.90 Å². The number of aromatic nitrogens is 2. The highest BCUT2D eigenvalue weighted by molar-refractivity contribution is 7.99. The Hall–Kier alpha value is -1.33. The Labute approximate surface area is 110 Å². The van der Waals surface area contributed by atoms with Crippen LogP contribution in [0.1, 0.15) is 25.5 Å². The van der Waals surface area contributed by atoms with Crippen molar-refractivity contribution in [3.8, 4) is 0 Å². The summed E-state index contributed by atoms with van der Waals surface area (Å²) in [6.07, 6.45) is 3.40. The first kappa shape index (κ1) is 13.1. The van der Waals surface area contributed by atoms with Crippen LogP contribution in [0.5, 0.6) is 0 Å². The zero-order valence-electron chi connectivity index (χ0n) is 10.4. The predicted molar refractivity (Wildman–Crippen MR) is 71.2 cm³/mol. The molecule has 0 aliphatic carbocycles. The molecule has 1 unspecified atom stereocenters. The van der Waals surface area contributed by atoms with Gasteiger partial charge in [0, 0.05) is 18.4 Å². The first-order chi connectivity index (χ1) is 8.72. The largest absolute Gasteiger partial charge is 0.339 e. The molecule has 2 rings (SSSR count). The van der Waals surface area contributed by atoms with Crippen LogP contribution in [0.15, 0.2) is 40.6 Å². The van der Waals surface area contributed by atoms with Crippen molar-refractivity contribution in [1.29, 1.82) is 0 Å². The van der Waals surface area contributed by atoms with Crippen molar-refractivity contribution in [2.45, 2.75) is 29.9 Å². The summed E-state index contributed by atoms with van der Waals surface area (Å²) < 4.78 is 14.0. The fraction of sp³-hybridized carbons (Fsp3) is 0.308. The molecule has 1 aromatic heterocycles. The monoisotopic (exact) mass is 265 g/mol. The molecular formula is C13H16FN3S. The molecule has 2 aromatic rings. The number of nitrogens with zero attached hydrogens (tertiary/aromatic N) is 1. The van der Waals surface area contributed by atoms with Crippen molar-refractivity contribution in [2.24, 2.45) is 0 Å². The van der Waals surface area contributed by atoms with Crippen LogP contribution in [0.3, 0.4) is 0 Å². The summed E-state index contributed by atoms with van der Waals surface area (Å²) in [6.45, 7) is 4.92. The Morgan fingerprint density at radius 3 is 3.00 bits per heavy atom. The van der Waals surface area contributed by atoms with E-state index in [1.165, 1.54) is 17.8 Å². The van der Waals surface area contributed by atoms with E-state index in [4.69, 9.17) is 0 Å². The van der Waals surface area contributed by atoms with E-state index < -0.39 is 0 Å². The Morgan fingerprint density at radius 2 is 2.33 bits per heavy atom. The molecule has 5 heteroatoms. The molecule has 1 atom stereocenters. The van der Waals surface area contributed by atoms with Gasteiger partial charge in [-0.25, -0.2) is 9.37 Å². The lowest BCUT2D eigenvalue weighted by molar-refractivity contribution is 0.557. The molecular weight excluding hydrogens is 249 g/mol. The van der Waals surface area contributed by atoms with Gasteiger partial charge in [-0.15, -0.1) is 0 Å². The smallest absolute Gasteiger partial charge is 0.170 e. The van der Waals surface area contributed by atoms with Crippen molar-refractivity contribution in [2.75, 3.05) is 6.54 Å². The van der Waals surface area contributed by atoms with E-state index >= 15 is 0 Å². The van der Waals surface area contributed by atoms with E-state index in [9.17, 15) is 4.39 Å². The van der Waals surface area contributed by atoms with Crippen LogP contribution in [0, 0.1) is 5.82 Å². The number of imidazole rings is 1. The first-order valence-electron chi connectivity index (χ1n) is 5.91. The fourth-order valence-electron chi connectivity index (χ4n) is 1.79. The molecule has 0 saturated heterocycles. The number of nitrogens with one attached hydrogen (secondary N) is 2. The van der Waals surface area contributed by atoms with Crippen LogP contribution in [-0.4, -0.2) is 16.5 Å². The summed E-state index contributed by atoms with van der Waals surface area (Å²) in [5.41, 5.74) is 0.957. The summed E-state index contributed by atoms with van der Waals surface area (Å²) in [5.74, 6) is -0.210. The van der Waals surface area contributed by atoms with E-state index in [1.807, 2.05) is 19.9 Å². The van der Waals surface area contributed by atoms with Gasteiger partial charge in [-0.2, -0.15) is 0 Å². The quantitative estimate of drug-likeness (QED) is 0.871. The van der Waals surface area contributed by atoms with Gasteiger partial charge in [-0.3, -0.25) is 0 Å². The van der Waals surface area contributed by atoms with Crippen LogP contribution in [0.4, 0.5) is 4.39 Å². The normalized spacial score (nSPS) is 12.6. The van der Waals surface area contributed by atoms with Gasteiger partial charge in [0.2, 0.25) is 0 Å². The maximum atomic E-state index is 14.0. The minimum absolute atomic E-state index is 0.114. The molecule has 1 aromatic carbocycles. The lowest BCUT2D eigenvalue weighted by Gasteiger charge is -2.16. The third-order valence-electron chi connectivity index (χ3n) is 2.65. The Bertz CT molecular complexity index is 499. The molecule has 3 nitrogen and oxygen atoms in total. The zero-order chi connectivity index (χ0) is 13.0. The highest BCUT2D eigenvalue weighted by atomic mass is 32.2. The SMILES string of the molecule is CCNC(C)c1cccc(F)c1Sc1ncc[nH]1. The average Bonchev–Trinajstić information content (AvgIpc) is 2.85. The lowest BCUT2D eigenvalue weighted by atomic mass is 10.1. The summed E-state index contributed by atoms with van der Waals surface area (Å²) in [7, 11) is 0. The highest BCUT2D eigenvalue weighted by Gasteiger charge is 2.15. The van der Waals surface area contributed by atoms with Gasteiger partial charge in [0.15, 0.2) is 5.16 Å². The van der Waals surface area contributed by atoms with Crippen LogP contribution in [-0.2, 0) is 0 Å². The van der Waals surface area contributed by atoms with E-state index in [1.54, 1.807) is 18.5 Å². The maximum absolute atomic E-state index is 14.0. The molecule has 1 heterocycles. The van der Waals surface area contributed by atoms with Gasteiger partial charge >= 0.3 is 0 Å². The Balaban J connectivity index is 2.32. The second-order valence-corrected chi connectivity index (χ2v) is 4.93. The van der Waals surface area contributed by atoms with E-state index in [0.29, 0.717) is 10.1 Å². The zero-order valence-corrected chi connectivity index (χ0v) is 11.2. The van der Waals surface area contributed by atoms with E-state index in [2.05, 4.69) is 15.3 Å². The number of aromatic amines is 1. The minimum Gasteiger partial charge on any atom is -0.339 e. The number of H-pyrrole nitrogens is 1. The average molecular weight is 265 g/mol. The minimum atomic E-state index is -0.210. The summed E-state index contributed by atoms with van der Waals surface area (Å²) in [6, 6.07) is 5.28. The summed E-state index contributed by atoms with van der Waals surface area (Å²) >= 11 is 1.32. The molecule has 2 N–H and O–H groups in total. The van der Waals surface area contributed by atoms with Gasteiger partial charge < -0.3 is 10.3 Å². The number of halogens is 1. The summed E-state index contributed by atoms with van der Waals surface area (Å²) in [4.78, 5) is 7.72. The second kappa shape index (κ2) is 6.02. The molecule has 0 bridgehead atoms. The van der Waals surface area contributed by atoms with Gasteiger partial charge in [0.1, 0.15) is 5.82 Å². The second-order valence-electron chi connectivity index (χ2n) is 3.93. The lowest BCUT2D eigenvalue weighted by Crippen LogP contribution is -2.18. The topological polar surface area (TPSA) is 40.7 Å². The molecule has 0 spiro atoms. The van der Waals surface area contributed by atoms with E-state index in [0.717, 1.165) is 12.1 Å². The van der Waals surface area contributed by atoms with Crippen molar-refractivity contribution < 1.29 is 4.39 Å². The van der Waals surface area contributed by atoms with Crippen LogP contribution in [0.2, 0.25) is 0 Å². The van der Waals surface area contributed by atoms with Crippen LogP contribution >= 0.6 is 11.8 Å². The first-order valence-corrected chi connectivity index (χ1v) is 6.73. The van der Waals surface area contributed by atoms with Crippen LogP contribution < -0.4 is 5.32 Å². The van der Waals surface area contributed by atoms with Gasteiger partial charge in [0.25, 0.3) is 0 Å². The molecule has 0 radical (unpaired) electrons. The van der Waals surface area contributed by atoms with Crippen molar-refractivity contribution in [3.05, 3.63) is 42.0 Å². The molecule has 0 aliphatic heterocycles. The number of hydrogen-bond donors (Lipinski definition) is 2. The third-order valence-corrected chi connectivity index (χ3v) is 3.70. The highest BCUT2D eigenvalue weighted by Crippen LogP contribution is 2.33.